The molecule has 5 nitrogen and oxygen atoms in total. The third-order valence-electron chi connectivity index (χ3n) is 6.83. The average Bonchev–Trinajstić information content (AvgIpc) is 3.62. The Morgan fingerprint density at radius 3 is 2.44 bits per heavy atom. The molecule has 0 aromatic heterocycles. The number of rotatable bonds is 8. The molecule has 1 saturated heterocycles. The van der Waals surface area contributed by atoms with E-state index in [1.54, 1.807) is 12.1 Å². The molecule has 4 rings (SSSR count). The molecule has 32 heavy (non-hydrogen) atoms. The Balaban J connectivity index is 1.34. The fourth-order valence-electron chi connectivity index (χ4n) is 4.53. The van der Waals surface area contributed by atoms with Crippen molar-refractivity contribution in [1.82, 2.24) is 10.6 Å². The van der Waals surface area contributed by atoms with E-state index in [-0.39, 0.29) is 11.2 Å². The molecule has 3 N–H and O–H groups in total. The van der Waals surface area contributed by atoms with Gasteiger partial charge >= 0.3 is 0 Å². The lowest BCUT2D eigenvalue weighted by Gasteiger charge is -2.32. The molecule has 0 atom stereocenters. The van der Waals surface area contributed by atoms with E-state index in [1.165, 1.54) is 5.69 Å². The van der Waals surface area contributed by atoms with Crippen molar-refractivity contribution in [1.29, 1.82) is 0 Å². The topological polar surface area (TPSA) is 59.9 Å². The van der Waals surface area contributed by atoms with Crippen molar-refractivity contribution in [2.24, 2.45) is 10.9 Å². The summed E-state index contributed by atoms with van der Waals surface area (Å²) >= 11 is 0. The highest BCUT2D eigenvalue weighted by atomic mass is 19.1. The molecule has 1 heterocycles. The number of nitrogens with zero attached hydrogens (tertiary/aromatic N) is 2. The minimum atomic E-state index is -0.118. The number of aliphatic hydroxyl groups excluding tert-OH is 1. The summed E-state index contributed by atoms with van der Waals surface area (Å²) in [7, 11) is 0. The minimum absolute atomic E-state index is 0.116. The second-order valence-corrected chi connectivity index (χ2v) is 9.09. The zero-order chi connectivity index (χ0) is 22.4. The van der Waals surface area contributed by atoms with Gasteiger partial charge in [-0.15, -0.1) is 0 Å². The second-order valence-electron chi connectivity index (χ2n) is 9.09. The molecule has 2 aromatic carbocycles. The van der Waals surface area contributed by atoms with Crippen molar-refractivity contribution in [2.45, 2.75) is 44.6 Å². The van der Waals surface area contributed by atoms with Gasteiger partial charge in [0.1, 0.15) is 5.82 Å². The van der Waals surface area contributed by atoms with E-state index in [0.717, 1.165) is 62.4 Å². The van der Waals surface area contributed by atoms with Crippen LogP contribution >= 0.6 is 0 Å². The SMILES string of the molecule is CCNC(=NCc1ccc(N2CCC(CO)CC2)cc1)NCC1(c2ccccc2F)CC1. The number of piperidine rings is 1. The van der Waals surface area contributed by atoms with Crippen LogP contribution in [0.3, 0.4) is 0 Å². The van der Waals surface area contributed by atoms with Gasteiger partial charge in [-0.05, 0) is 67.9 Å². The van der Waals surface area contributed by atoms with Crippen LogP contribution in [-0.4, -0.2) is 43.9 Å². The summed E-state index contributed by atoms with van der Waals surface area (Å²) in [5, 5.41) is 16.1. The molecule has 0 spiro atoms. The largest absolute Gasteiger partial charge is 0.396 e. The molecule has 2 aromatic rings. The van der Waals surface area contributed by atoms with Crippen LogP contribution in [-0.2, 0) is 12.0 Å². The van der Waals surface area contributed by atoms with E-state index >= 15 is 0 Å². The highest BCUT2D eigenvalue weighted by molar-refractivity contribution is 5.80. The summed E-state index contributed by atoms with van der Waals surface area (Å²) in [5.41, 5.74) is 3.08. The second kappa shape index (κ2) is 10.3. The zero-order valence-electron chi connectivity index (χ0n) is 19.0. The molecular formula is C26H35FN4O. The van der Waals surface area contributed by atoms with Crippen molar-refractivity contribution in [2.75, 3.05) is 37.7 Å². The van der Waals surface area contributed by atoms with Gasteiger partial charge in [-0.2, -0.15) is 0 Å². The lowest BCUT2D eigenvalue weighted by atomic mass is 9.95. The van der Waals surface area contributed by atoms with Gasteiger partial charge < -0.3 is 20.6 Å². The van der Waals surface area contributed by atoms with Crippen LogP contribution in [0.15, 0.2) is 53.5 Å². The van der Waals surface area contributed by atoms with E-state index in [4.69, 9.17) is 4.99 Å². The summed E-state index contributed by atoms with van der Waals surface area (Å²) in [6.07, 6.45) is 4.10. The van der Waals surface area contributed by atoms with Crippen LogP contribution < -0.4 is 15.5 Å². The summed E-state index contributed by atoms with van der Waals surface area (Å²) in [6, 6.07) is 15.7. The first-order valence-electron chi connectivity index (χ1n) is 11.9. The lowest BCUT2D eigenvalue weighted by molar-refractivity contribution is 0.203. The molecule has 0 bridgehead atoms. The number of hydrogen-bond acceptors (Lipinski definition) is 3. The van der Waals surface area contributed by atoms with Crippen molar-refractivity contribution in [3.63, 3.8) is 0 Å². The van der Waals surface area contributed by atoms with Crippen molar-refractivity contribution in [3.05, 3.63) is 65.5 Å². The molecule has 2 fully saturated rings. The van der Waals surface area contributed by atoms with Gasteiger partial charge in [0.05, 0.1) is 6.54 Å². The highest BCUT2D eigenvalue weighted by Gasteiger charge is 2.45. The van der Waals surface area contributed by atoms with Crippen LogP contribution in [0.5, 0.6) is 0 Å². The summed E-state index contributed by atoms with van der Waals surface area (Å²) in [5.74, 6) is 1.10. The quantitative estimate of drug-likeness (QED) is 0.433. The Labute approximate surface area is 190 Å². The number of guanidine groups is 1. The number of hydrogen-bond donors (Lipinski definition) is 3. The van der Waals surface area contributed by atoms with Crippen LogP contribution in [0, 0.1) is 11.7 Å². The maximum absolute atomic E-state index is 14.3. The first-order chi connectivity index (χ1) is 15.6. The van der Waals surface area contributed by atoms with E-state index in [0.29, 0.717) is 25.6 Å². The van der Waals surface area contributed by atoms with Gasteiger partial charge in [0.25, 0.3) is 0 Å². The number of aliphatic imine (C=N–C) groups is 1. The lowest BCUT2D eigenvalue weighted by Crippen LogP contribution is -2.41. The van der Waals surface area contributed by atoms with E-state index in [2.05, 4.69) is 46.7 Å². The van der Waals surface area contributed by atoms with Crippen LogP contribution in [0.25, 0.3) is 0 Å². The number of aliphatic hydroxyl groups is 1. The zero-order valence-corrected chi connectivity index (χ0v) is 19.0. The molecule has 0 unspecified atom stereocenters. The number of anilines is 1. The molecule has 1 saturated carbocycles. The normalized spacial score (nSPS) is 18.5. The van der Waals surface area contributed by atoms with E-state index < -0.39 is 0 Å². The van der Waals surface area contributed by atoms with E-state index in [9.17, 15) is 9.50 Å². The minimum Gasteiger partial charge on any atom is -0.396 e. The first-order valence-corrected chi connectivity index (χ1v) is 11.9. The Hall–Kier alpha value is -2.60. The van der Waals surface area contributed by atoms with Gasteiger partial charge in [-0.25, -0.2) is 9.38 Å². The van der Waals surface area contributed by atoms with Crippen LogP contribution in [0.4, 0.5) is 10.1 Å². The molecule has 1 aliphatic carbocycles. The van der Waals surface area contributed by atoms with Crippen molar-refractivity contribution >= 4 is 11.6 Å². The monoisotopic (exact) mass is 438 g/mol. The van der Waals surface area contributed by atoms with Gasteiger partial charge in [0.2, 0.25) is 0 Å². The first kappa shape index (κ1) is 22.6. The smallest absolute Gasteiger partial charge is 0.191 e. The Bertz CT molecular complexity index is 902. The fraction of sp³-hybridized carbons (Fsp3) is 0.500. The summed E-state index contributed by atoms with van der Waals surface area (Å²) in [6.45, 7) is 6.41. The maximum atomic E-state index is 14.3. The van der Waals surface area contributed by atoms with Gasteiger partial charge in [-0.1, -0.05) is 30.3 Å². The van der Waals surface area contributed by atoms with Gasteiger partial charge in [-0.3, -0.25) is 0 Å². The van der Waals surface area contributed by atoms with Crippen molar-refractivity contribution in [3.8, 4) is 0 Å². The van der Waals surface area contributed by atoms with Gasteiger partial charge in [0.15, 0.2) is 5.96 Å². The number of nitrogens with one attached hydrogen (secondary N) is 2. The number of halogens is 1. The fourth-order valence-corrected chi connectivity index (χ4v) is 4.53. The van der Waals surface area contributed by atoms with Crippen molar-refractivity contribution < 1.29 is 9.50 Å². The molecule has 0 radical (unpaired) electrons. The molecule has 2 aliphatic rings. The van der Waals surface area contributed by atoms with Gasteiger partial charge in [0, 0.05) is 43.9 Å². The Morgan fingerprint density at radius 2 is 1.81 bits per heavy atom. The summed E-state index contributed by atoms with van der Waals surface area (Å²) in [4.78, 5) is 7.14. The predicted octanol–water partition coefficient (Wildman–Crippen LogP) is 3.82. The molecular weight excluding hydrogens is 403 g/mol. The number of benzene rings is 2. The highest BCUT2D eigenvalue weighted by Crippen LogP contribution is 2.48. The Kier molecular flexibility index (Phi) is 7.30. The van der Waals surface area contributed by atoms with E-state index in [1.807, 2.05) is 12.1 Å². The summed E-state index contributed by atoms with van der Waals surface area (Å²) < 4.78 is 14.3. The Morgan fingerprint density at radius 1 is 1.09 bits per heavy atom. The van der Waals surface area contributed by atoms with Crippen LogP contribution in [0.2, 0.25) is 0 Å². The van der Waals surface area contributed by atoms with Crippen LogP contribution in [0.1, 0.15) is 43.7 Å². The maximum Gasteiger partial charge on any atom is 0.191 e. The molecule has 0 amide bonds. The predicted molar refractivity (Wildman–Crippen MR) is 129 cm³/mol. The third-order valence-corrected chi connectivity index (χ3v) is 6.83. The average molecular weight is 439 g/mol. The molecule has 6 heteroatoms. The molecule has 1 aliphatic heterocycles. The molecule has 172 valence electrons. The third kappa shape index (κ3) is 5.41. The standard InChI is InChI=1S/C26H35FN4O/c1-2-28-25(30-19-26(13-14-26)23-5-3-4-6-24(23)27)29-17-20-7-9-22(10-8-20)31-15-11-21(18-32)12-16-31/h3-10,21,32H,2,11-19H2,1H3,(H2,28,29,30).